The van der Waals surface area contributed by atoms with Crippen molar-refractivity contribution in [2.45, 2.75) is 33.9 Å². The van der Waals surface area contributed by atoms with Crippen LogP contribution in [0.3, 0.4) is 0 Å². The standard InChI is InChI=1S/C22H25N3O5/c1-6-23-17-12-14(3)16(13-18(17)24(7-2)22(23)28)25-11-9-8-10-15(20(26)29-4)19(25)21(27)30-5/h8-13H,6-7H2,1-5H3. The van der Waals surface area contributed by atoms with E-state index in [4.69, 9.17) is 9.47 Å². The topological polar surface area (TPSA) is 82.8 Å². The van der Waals surface area contributed by atoms with Crippen molar-refractivity contribution in [3.8, 4) is 0 Å². The predicted octanol–water partition coefficient (Wildman–Crippen LogP) is 2.64. The van der Waals surface area contributed by atoms with Crippen LogP contribution in [0.4, 0.5) is 5.69 Å². The van der Waals surface area contributed by atoms with Gasteiger partial charge < -0.3 is 14.4 Å². The number of nitrogens with zero attached hydrogens (tertiary/aromatic N) is 3. The summed E-state index contributed by atoms with van der Waals surface area (Å²) >= 11 is 0. The van der Waals surface area contributed by atoms with Gasteiger partial charge in [-0.2, -0.15) is 0 Å². The van der Waals surface area contributed by atoms with Crippen molar-refractivity contribution in [2.24, 2.45) is 0 Å². The number of ether oxygens (including phenoxy) is 2. The Hall–Kier alpha value is -3.55. The molecule has 8 nitrogen and oxygen atoms in total. The molecule has 3 rings (SSSR count). The van der Waals surface area contributed by atoms with E-state index >= 15 is 0 Å². The summed E-state index contributed by atoms with van der Waals surface area (Å²) in [7, 11) is 2.51. The minimum Gasteiger partial charge on any atom is -0.465 e. The monoisotopic (exact) mass is 411 g/mol. The number of aryl methyl sites for hydroxylation is 3. The molecule has 8 heteroatoms. The van der Waals surface area contributed by atoms with Gasteiger partial charge in [-0.05, 0) is 50.6 Å². The van der Waals surface area contributed by atoms with Crippen LogP contribution < -0.4 is 10.6 Å². The minimum atomic E-state index is -0.676. The van der Waals surface area contributed by atoms with Gasteiger partial charge in [0.25, 0.3) is 0 Å². The van der Waals surface area contributed by atoms with Gasteiger partial charge in [-0.3, -0.25) is 9.13 Å². The van der Waals surface area contributed by atoms with E-state index in [9.17, 15) is 14.4 Å². The average molecular weight is 411 g/mol. The predicted molar refractivity (Wildman–Crippen MR) is 114 cm³/mol. The van der Waals surface area contributed by atoms with Gasteiger partial charge in [0.05, 0.1) is 36.5 Å². The lowest BCUT2D eigenvalue weighted by Gasteiger charge is -2.25. The molecule has 2 aromatic rings. The van der Waals surface area contributed by atoms with Gasteiger partial charge in [-0.15, -0.1) is 0 Å². The van der Waals surface area contributed by atoms with E-state index in [0.717, 1.165) is 16.6 Å². The van der Waals surface area contributed by atoms with Crippen LogP contribution in [-0.2, 0) is 32.2 Å². The third-order valence-corrected chi connectivity index (χ3v) is 5.12. The normalized spacial score (nSPS) is 13.7. The number of anilines is 1. The number of rotatable bonds is 5. The van der Waals surface area contributed by atoms with Gasteiger partial charge in [0.1, 0.15) is 5.70 Å². The summed E-state index contributed by atoms with van der Waals surface area (Å²) in [5.74, 6) is -1.33. The summed E-state index contributed by atoms with van der Waals surface area (Å²) in [5.41, 5.74) is 3.08. The minimum absolute atomic E-state index is 0.0390. The first-order valence-corrected chi connectivity index (χ1v) is 9.68. The van der Waals surface area contributed by atoms with E-state index in [-0.39, 0.29) is 17.0 Å². The van der Waals surface area contributed by atoms with Gasteiger partial charge in [0.2, 0.25) is 0 Å². The number of fused-ring (bicyclic) bond motifs is 1. The molecule has 30 heavy (non-hydrogen) atoms. The second-order valence-corrected chi connectivity index (χ2v) is 6.71. The Bertz CT molecular complexity index is 1160. The van der Waals surface area contributed by atoms with Crippen LogP contribution in [0.2, 0.25) is 0 Å². The van der Waals surface area contributed by atoms with Gasteiger partial charge in [-0.25, -0.2) is 14.4 Å². The number of hydrogen-bond acceptors (Lipinski definition) is 6. The third-order valence-electron chi connectivity index (χ3n) is 5.12. The molecule has 1 aliphatic rings. The summed E-state index contributed by atoms with van der Waals surface area (Å²) in [6.07, 6.45) is 6.56. The molecule has 0 fully saturated rings. The summed E-state index contributed by atoms with van der Waals surface area (Å²) in [6, 6.07) is 3.77. The summed E-state index contributed by atoms with van der Waals surface area (Å²) in [6.45, 7) is 6.78. The number of benzene rings is 1. The number of aromatic nitrogens is 2. The number of allylic oxidation sites excluding steroid dienone is 2. The van der Waals surface area contributed by atoms with E-state index in [0.29, 0.717) is 18.8 Å². The maximum atomic E-state index is 12.7. The lowest BCUT2D eigenvalue weighted by atomic mass is 10.1. The lowest BCUT2D eigenvalue weighted by molar-refractivity contribution is -0.139. The fourth-order valence-electron chi connectivity index (χ4n) is 3.68. The van der Waals surface area contributed by atoms with E-state index in [1.54, 1.807) is 32.4 Å². The van der Waals surface area contributed by atoms with Crippen LogP contribution in [-0.4, -0.2) is 35.3 Å². The Balaban J connectivity index is 2.34. The molecule has 2 heterocycles. The zero-order valence-corrected chi connectivity index (χ0v) is 17.8. The van der Waals surface area contributed by atoms with Gasteiger partial charge in [0.15, 0.2) is 0 Å². The molecule has 0 saturated heterocycles. The molecule has 0 amide bonds. The van der Waals surface area contributed by atoms with E-state index in [2.05, 4.69) is 0 Å². The zero-order chi connectivity index (χ0) is 22.0. The lowest BCUT2D eigenvalue weighted by Crippen LogP contribution is -2.27. The van der Waals surface area contributed by atoms with Crippen molar-refractivity contribution >= 4 is 28.7 Å². The van der Waals surface area contributed by atoms with Crippen LogP contribution in [0.25, 0.3) is 11.0 Å². The van der Waals surface area contributed by atoms with Crippen molar-refractivity contribution in [1.82, 2.24) is 9.13 Å². The molecule has 158 valence electrons. The van der Waals surface area contributed by atoms with E-state index < -0.39 is 11.9 Å². The van der Waals surface area contributed by atoms with Gasteiger partial charge in [0, 0.05) is 19.3 Å². The average Bonchev–Trinajstić information content (AvgIpc) is 2.88. The number of carbonyl (C=O) groups is 2. The summed E-state index contributed by atoms with van der Waals surface area (Å²) < 4.78 is 13.2. The second kappa shape index (κ2) is 8.44. The number of imidazole rings is 1. The van der Waals surface area contributed by atoms with E-state index in [1.165, 1.54) is 20.3 Å². The largest absolute Gasteiger partial charge is 0.465 e. The maximum absolute atomic E-state index is 12.7. The number of methoxy groups -OCH3 is 2. The first kappa shape index (κ1) is 21.2. The van der Waals surface area contributed by atoms with Crippen LogP contribution in [0.15, 0.2) is 52.6 Å². The van der Waals surface area contributed by atoms with Crippen molar-refractivity contribution in [1.29, 1.82) is 0 Å². The first-order valence-electron chi connectivity index (χ1n) is 9.68. The summed E-state index contributed by atoms with van der Waals surface area (Å²) in [5, 5.41) is 0. The molecule has 0 aliphatic carbocycles. The van der Waals surface area contributed by atoms with Crippen molar-refractivity contribution in [3.05, 3.63) is 63.9 Å². The van der Waals surface area contributed by atoms with Crippen LogP contribution in [0, 0.1) is 6.92 Å². The SMILES string of the molecule is CCn1c(=O)n(CC)c2cc(N3C=CC=CC(C(=O)OC)=C3C(=O)OC)c(C)cc21. The van der Waals surface area contributed by atoms with E-state index in [1.807, 2.05) is 32.9 Å². The van der Waals surface area contributed by atoms with Crippen molar-refractivity contribution in [3.63, 3.8) is 0 Å². The van der Waals surface area contributed by atoms with Crippen molar-refractivity contribution < 1.29 is 19.1 Å². The quantitative estimate of drug-likeness (QED) is 0.704. The Morgan fingerprint density at radius 3 is 2.10 bits per heavy atom. The molecule has 0 atom stereocenters. The van der Waals surface area contributed by atoms with Gasteiger partial charge >= 0.3 is 17.6 Å². The Morgan fingerprint density at radius 2 is 1.53 bits per heavy atom. The Kier molecular flexibility index (Phi) is 5.96. The first-order chi connectivity index (χ1) is 14.4. The summed E-state index contributed by atoms with van der Waals surface area (Å²) in [4.78, 5) is 39.4. The fraction of sp³-hybridized carbons (Fsp3) is 0.318. The van der Waals surface area contributed by atoms with Crippen LogP contribution in [0.5, 0.6) is 0 Å². The molecule has 0 saturated carbocycles. The number of hydrogen-bond donors (Lipinski definition) is 0. The third kappa shape index (κ3) is 3.34. The molecular formula is C22H25N3O5. The van der Waals surface area contributed by atoms with Crippen molar-refractivity contribution in [2.75, 3.05) is 19.1 Å². The molecule has 0 spiro atoms. The highest BCUT2D eigenvalue weighted by Crippen LogP contribution is 2.32. The smallest absolute Gasteiger partial charge is 0.355 e. The molecule has 1 aromatic carbocycles. The molecular weight excluding hydrogens is 386 g/mol. The Labute approximate surface area is 174 Å². The fourth-order valence-corrected chi connectivity index (χ4v) is 3.68. The maximum Gasteiger partial charge on any atom is 0.355 e. The molecule has 0 N–H and O–H groups in total. The molecule has 1 aromatic heterocycles. The highest BCUT2D eigenvalue weighted by atomic mass is 16.5. The number of carbonyl (C=O) groups excluding carboxylic acids is 2. The molecule has 0 unspecified atom stereocenters. The van der Waals surface area contributed by atoms with Gasteiger partial charge in [-0.1, -0.05) is 6.08 Å². The highest BCUT2D eigenvalue weighted by Gasteiger charge is 2.29. The highest BCUT2D eigenvalue weighted by molar-refractivity contribution is 6.06. The number of esters is 2. The Morgan fingerprint density at radius 1 is 0.933 bits per heavy atom. The van der Waals surface area contributed by atoms with Crippen LogP contribution in [0.1, 0.15) is 19.4 Å². The zero-order valence-electron chi connectivity index (χ0n) is 17.8. The molecule has 1 aliphatic heterocycles. The molecule has 0 bridgehead atoms. The molecule has 0 radical (unpaired) electrons. The second-order valence-electron chi connectivity index (χ2n) is 6.71. The van der Waals surface area contributed by atoms with Crippen LogP contribution >= 0.6 is 0 Å².